The third-order valence-corrected chi connectivity index (χ3v) is 6.65. The summed E-state index contributed by atoms with van der Waals surface area (Å²) in [7, 11) is 0. The lowest BCUT2D eigenvalue weighted by Gasteiger charge is -2.23. The number of rotatable bonds is 12. The van der Waals surface area contributed by atoms with Gasteiger partial charge in [-0.3, -0.25) is 4.57 Å². The number of carbonyl (C=O) groups excluding carboxylic acids is 3. The standard InChI is InChI=1S/C35H40N2O7/c1-5-6-19-41-28-17-18-29-27(22-37(31(29)21-28)34(40)43-24-26-15-11-8-12-16-26)20-30(36-33(39)44-35(2,3)4)32(38)42-23-25-13-9-7-10-14-25/h7-18,21-22,30H,5-6,19-20,23-24H2,1-4H3,(H,36,39)/t30-/m0/s1. The van der Waals surface area contributed by atoms with Crippen LogP contribution in [-0.2, 0) is 38.6 Å². The van der Waals surface area contributed by atoms with Crippen molar-refractivity contribution < 1.29 is 33.3 Å². The molecule has 9 nitrogen and oxygen atoms in total. The molecule has 0 saturated heterocycles. The van der Waals surface area contributed by atoms with Gasteiger partial charge in [-0.05, 0) is 56.0 Å². The minimum Gasteiger partial charge on any atom is -0.494 e. The average Bonchev–Trinajstić information content (AvgIpc) is 3.36. The Bertz CT molecular complexity index is 1540. The molecule has 1 amide bonds. The number of esters is 1. The predicted molar refractivity (Wildman–Crippen MR) is 167 cm³/mol. The molecule has 0 aliphatic heterocycles. The smallest absolute Gasteiger partial charge is 0.418 e. The molecule has 0 unspecified atom stereocenters. The van der Waals surface area contributed by atoms with Crippen molar-refractivity contribution in [2.75, 3.05) is 6.61 Å². The lowest BCUT2D eigenvalue weighted by atomic mass is 10.0. The lowest BCUT2D eigenvalue weighted by molar-refractivity contribution is -0.147. The van der Waals surface area contributed by atoms with Crippen molar-refractivity contribution in [3.63, 3.8) is 0 Å². The fraction of sp³-hybridized carbons (Fsp3) is 0.343. The van der Waals surface area contributed by atoms with E-state index in [0.717, 1.165) is 24.0 Å². The van der Waals surface area contributed by atoms with Crippen LogP contribution in [0.2, 0.25) is 0 Å². The van der Waals surface area contributed by atoms with Crippen LogP contribution in [0, 0.1) is 0 Å². The van der Waals surface area contributed by atoms with Crippen LogP contribution in [0.15, 0.2) is 85.1 Å². The molecule has 0 fully saturated rings. The van der Waals surface area contributed by atoms with Gasteiger partial charge in [0.1, 0.15) is 30.6 Å². The first-order valence-corrected chi connectivity index (χ1v) is 14.8. The molecule has 4 rings (SSSR count). The highest BCUT2D eigenvalue weighted by molar-refractivity contribution is 5.93. The van der Waals surface area contributed by atoms with E-state index < -0.39 is 29.8 Å². The Morgan fingerprint density at radius 2 is 1.50 bits per heavy atom. The van der Waals surface area contributed by atoms with Gasteiger partial charge >= 0.3 is 18.2 Å². The van der Waals surface area contributed by atoms with Gasteiger partial charge in [0.25, 0.3) is 0 Å². The van der Waals surface area contributed by atoms with Gasteiger partial charge in [-0.15, -0.1) is 0 Å². The van der Waals surface area contributed by atoms with E-state index in [-0.39, 0.29) is 19.6 Å². The summed E-state index contributed by atoms with van der Waals surface area (Å²) < 4.78 is 24.0. The number of benzene rings is 3. The molecule has 44 heavy (non-hydrogen) atoms. The van der Waals surface area contributed by atoms with Crippen molar-refractivity contribution in [2.24, 2.45) is 0 Å². The molecule has 1 heterocycles. The van der Waals surface area contributed by atoms with Gasteiger partial charge < -0.3 is 24.3 Å². The summed E-state index contributed by atoms with van der Waals surface area (Å²) in [6, 6.07) is 23.0. The molecule has 0 spiro atoms. The molecule has 0 saturated carbocycles. The van der Waals surface area contributed by atoms with Crippen LogP contribution in [-0.4, -0.2) is 41.0 Å². The molecule has 0 radical (unpaired) electrons. The molecule has 4 aromatic rings. The molecule has 232 valence electrons. The van der Waals surface area contributed by atoms with Crippen LogP contribution < -0.4 is 10.1 Å². The number of aromatic nitrogens is 1. The number of carbonyl (C=O) groups is 3. The Hall–Kier alpha value is -4.79. The summed E-state index contributed by atoms with van der Waals surface area (Å²) in [6.45, 7) is 7.98. The Kier molecular flexibility index (Phi) is 11.0. The van der Waals surface area contributed by atoms with Crippen LogP contribution >= 0.6 is 0 Å². The van der Waals surface area contributed by atoms with E-state index in [0.29, 0.717) is 28.8 Å². The van der Waals surface area contributed by atoms with E-state index in [1.807, 2.05) is 72.8 Å². The van der Waals surface area contributed by atoms with Crippen molar-refractivity contribution in [3.05, 3.63) is 102 Å². The van der Waals surface area contributed by atoms with Crippen LogP contribution in [0.4, 0.5) is 9.59 Å². The van der Waals surface area contributed by atoms with E-state index >= 15 is 0 Å². The second-order valence-electron chi connectivity index (χ2n) is 11.4. The second kappa shape index (κ2) is 15.1. The molecule has 9 heteroatoms. The fourth-order valence-corrected chi connectivity index (χ4v) is 4.50. The molecular formula is C35H40N2O7. The molecule has 0 aliphatic carbocycles. The minimum absolute atomic E-state index is 0.0399. The fourth-order valence-electron chi connectivity index (χ4n) is 4.50. The maximum absolute atomic E-state index is 13.3. The molecule has 1 aromatic heterocycles. The summed E-state index contributed by atoms with van der Waals surface area (Å²) in [4.78, 5) is 39.5. The van der Waals surface area contributed by atoms with Gasteiger partial charge in [0.05, 0.1) is 12.1 Å². The van der Waals surface area contributed by atoms with E-state index in [4.69, 9.17) is 18.9 Å². The summed E-state index contributed by atoms with van der Waals surface area (Å²) in [5.74, 6) is -0.0230. The van der Waals surface area contributed by atoms with Crippen LogP contribution in [0.25, 0.3) is 10.9 Å². The first kappa shape index (κ1) is 32.1. The largest absolute Gasteiger partial charge is 0.494 e. The maximum Gasteiger partial charge on any atom is 0.418 e. The minimum atomic E-state index is -1.09. The van der Waals surface area contributed by atoms with Gasteiger partial charge in [0.2, 0.25) is 0 Å². The van der Waals surface area contributed by atoms with Gasteiger partial charge in [0.15, 0.2) is 0 Å². The van der Waals surface area contributed by atoms with E-state index in [9.17, 15) is 14.4 Å². The number of nitrogens with zero attached hydrogens (tertiary/aromatic N) is 1. The first-order chi connectivity index (χ1) is 21.1. The number of amides is 1. The average molecular weight is 601 g/mol. The molecule has 1 atom stereocenters. The topological polar surface area (TPSA) is 105 Å². The van der Waals surface area contributed by atoms with Crippen molar-refractivity contribution in [3.8, 4) is 5.75 Å². The highest BCUT2D eigenvalue weighted by Gasteiger charge is 2.28. The van der Waals surface area contributed by atoms with E-state index in [1.54, 1.807) is 33.0 Å². The number of nitrogens with one attached hydrogen (secondary N) is 1. The number of fused-ring (bicyclic) bond motifs is 1. The van der Waals surface area contributed by atoms with Crippen molar-refractivity contribution in [1.82, 2.24) is 9.88 Å². The van der Waals surface area contributed by atoms with Crippen molar-refractivity contribution in [2.45, 2.75) is 71.8 Å². The summed E-state index contributed by atoms with van der Waals surface area (Å²) >= 11 is 0. The quantitative estimate of drug-likeness (QED) is 0.104. The summed E-state index contributed by atoms with van der Waals surface area (Å²) in [5, 5.41) is 3.37. The Morgan fingerprint density at radius 3 is 2.11 bits per heavy atom. The zero-order valence-corrected chi connectivity index (χ0v) is 25.7. The molecule has 3 aromatic carbocycles. The third-order valence-electron chi connectivity index (χ3n) is 6.65. The SMILES string of the molecule is CCCCOc1ccc2c(C[C@H](NC(=O)OC(C)(C)C)C(=O)OCc3ccccc3)cn(C(=O)OCc3ccccc3)c2c1. The van der Waals surface area contributed by atoms with Gasteiger partial charge in [-0.2, -0.15) is 0 Å². The Balaban J connectivity index is 1.63. The summed E-state index contributed by atoms with van der Waals surface area (Å²) in [5.41, 5.74) is 2.08. The third kappa shape index (κ3) is 9.36. The normalized spacial score (nSPS) is 11.9. The van der Waals surface area contributed by atoms with E-state index in [1.165, 1.54) is 4.57 Å². The van der Waals surface area contributed by atoms with Crippen molar-refractivity contribution in [1.29, 1.82) is 0 Å². The monoisotopic (exact) mass is 600 g/mol. The number of unbranched alkanes of at least 4 members (excludes halogenated alkanes) is 1. The zero-order valence-electron chi connectivity index (χ0n) is 25.7. The lowest BCUT2D eigenvalue weighted by Crippen LogP contribution is -2.45. The number of alkyl carbamates (subject to hydrolysis) is 1. The van der Waals surface area contributed by atoms with Crippen LogP contribution in [0.1, 0.15) is 57.2 Å². The Labute approximate surface area is 258 Å². The predicted octanol–water partition coefficient (Wildman–Crippen LogP) is 7.18. The zero-order chi connectivity index (χ0) is 31.5. The molecule has 0 aliphatic rings. The number of ether oxygens (including phenoxy) is 4. The maximum atomic E-state index is 13.3. The van der Waals surface area contributed by atoms with Gasteiger partial charge in [-0.1, -0.05) is 74.0 Å². The van der Waals surface area contributed by atoms with Gasteiger partial charge in [-0.25, -0.2) is 14.4 Å². The van der Waals surface area contributed by atoms with Crippen LogP contribution in [0.3, 0.4) is 0 Å². The molecule has 0 bridgehead atoms. The number of hydrogen-bond donors (Lipinski definition) is 1. The summed E-state index contributed by atoms with van der Waals surface area (Å²) in [6.07, 6.45) is 2.21. The van der Waals surface area contributed by atoms with Crippen molar-refractivity contribution >= 4 is 29.1 Å². The van der Waals surface area contributed by atoms with E-state index in [2.05, 4.69) is 12.2 Å². The van der Waals surface area contributed by atoms with Gasteiger partial charge in [0, 0.05) is 24.1 Å². The Morgan fingerprint density at radius 1 is 0.864 bits per heavy atom. The van der Waals surface area contributed by atoms with Crippen LogP contribution in [0.5, 0.6) is 5.75 Å². The number of hydrogen-bond acceptors (Lipinski definition) is 7. The second-order valence-corrected chi connectivity index (χ2v) is 11.4. The molecular weight excluding hydrogens is 560 g/mol. The highest BCUT2D eigenvalue weighted by Crippen LogP contribution is 2.28. The molecule has 1 N–H and O–H groups in total. The highest BCUT2D eigenvalue weighted by atomic mass is 16.6. The first-order valence-electron chi connectivity index (χ1n) is 14.8.